The number of nitrogens with zero attached hydrogens (tertiary/aromatic N) is 3. The first-order valence-corrected chi connectivity index (χ1v) is 22.6. The SMILES string of the molecule is CCCCOC1=CC(=[N+]=[N-])C(OCCCC)C=C1N1CCOCC1.O=P(O)(O)F.O=P(O)(O)F.O=P(O)(O)F.O=P(O)(O)F.O=P(O)(O)F.O=P(O)(O)F. The van der Waals surface area contributed by atoms with Crippen molar-refractivity contribution in [3.8, 4) is 0 Å². The highest BCUT2D eigenvalue weighted by atomic mass is 31.2. The summed E-state index contributed by atoms with van der Waals surface area (Å²) in [5.41, 5.74) is 10.9. The van der Waals surface area contributed by atoms with Crippen LogP contribution in [0.2, 0.25) is 0 Å². The second-order valence-electron chi connectivity index (χ2n) is 8.87. The van der Waals surface area contributed by atoms with Gasteiger partial charge in [-0.2, -0.15) is 4.79 Å². The largest absolute Gasteiger partial charge is 0.507 e. The van der Waals surface area contributed by atoms with Gasteiger partial charge in [0.2, 0.25) is 0 Å². The van der Waals surface area contributed by atoms with Crippen molar-refractivity contribution in [1.82, 2.24) is 4.90 Å². The molecule has 2 rings (SSSR count). The lowest BCUT2D eigenvalue weighted by molar-refractivity contribution is -0.0241. The average molecular weight is 935 g/mol. The predicted octanol–water partition coefficient (Wildman–Crippen LogP) is 3.06. The van der Waals surface area contributed by atoms with Crippen molar-refractivity contribution in [3.63, 3.8) is 0 Å². The number of hydrogen-bond acceptors (Lipinski definition) is 10. The molecule has 1 aliphatic carbocycles. The zero-order valence-electron chi connectivity index (χ0n) is 27.6. The molecule has 0 radical (unpaired) electrons. The van der Waals surface area contributed by atoms with Crippen LogP contribution in [-0.2, 0) is 41.6 Å². The monoisotopic (exact) mass is 935 g/mol. The Kier molecular flexibility index (Phi) is 35.5. The minimum absolute atomic E-state index is 0.335. The summed E-state index contributed by atoms with van der Waals surface area (Å²) in [5.74, 6) is 0.758. The minimum atomic E-state index is -5.14. The summed E-state index contributed by atoms with van der Waals surface area (Å²) in [6.07, 6.45) is 7.61. The van der Waals surface area contributed by atoms with Crippen LogP contribution in [0.5, 0.6) is 0 Å². The van der Waals surface area contributed by atoms with E-state index in [4.69, 9.17) is 100 Å². The normalized spacial score (nSPS) is 16.0. The van der Waals surface area contributed by atoms with Crippen LogP contribution < -0.4 is 0 Å². The molecule has 1 unspecified atom stereocenters. The van der Waals surface area contributed by atoms with Crippen molar-refractivity contribution in [2.24, 2.45) is 0 Å². The number of halogens is 6. The van der Waals surface area contributed by atoms with Gasteiger partial charge in [0.15, 0.2) is 6.10 Å². The van der Waals surface area contributed by atoms with Crippen molar-refractivity contribution in [1.29, 1.82) is 0 Å². The Labute approximate surface area is 302 Å². The van der Waals surface area contributed by atoms with Crippen LogP contribution in [-0.4, -0.2) is 120 Å². The van der Waals surface area contributed by atoms with Gasteiger partial charge in [0.05, 0.1) is 31.6 Å². The number of unbranched alkanes of at least 4 members (excludes halogenated alkanes) is 2. The van der Waals surface area contributed by atoms with Gasteiger partial charge in [-0.05, 0) is 18.9 Å². The molecule has 0 aromatic rings. The quantitative estimate of drug-likeness (QED) is 0.0519. The molecule has 1 atom stereocenters. The van der Waals surface area contributed by atoms with Crippen LogP contribution >= 0.6 is 47.4 Å². The molecule has 0 aromatic heterocycles. The van der Waals surface area contributed by atoms with E-state index in [0.717, 1.165) is 50.2 Å². The third-order valence-corrected chi connectivity index (χ3v) is 4.15. The van der Waals surface area contributed by atoms with Crippen LogP contribution in [0.4, 0.5) is 25.2 Å². The second-order valence-corrected chi connectivity index (χ2v) is 14.5. The Hall–Kier alpha value is -1.14. The molecule has 0 spiro atoms. The Balaban J connectivity index is -0.000000216. The fourth-order valence-corrected chi connectivity index (χ4v) is 2.68. The molecule has 1 fully saturated rings. The Morgan fingerprint density at radius 3 is 1.30 bits per heavy atom. The van der Waals surface area contributed by atoms with E-state index in [1.54, 1.807) is 6.08 Å². The van der Waals surface area contributed by atoms with Crippen LogP contribution in [0.15, 0.2) is 23.6 Å². The van der Waals surface area contributed by atoms with E-state index in [2.05, 4.69) is 23.5 Å². The molecule has 54 heavy (non-hydrogen) atoms. The fraction of sp³-hybridized carbons (Fsp3) is 0.722. The zero-order valence-corrected chi connectivity index (χ0v) is 33.0. The van der Waals surface area contributed by atoms with Crippen molar-refractivity contribution < 1.29 is 130 Å². The molecule has 0 bridgehead atoms. The molecule has 36 heteroatoms. The highest BCUT2D eigenvalue weighted by molar-refractivity contribution is 7.46. The Morgan fingerprint density at radius 1 is 0.685 bits per heavy atom. The van der Waals surface area contributed by atoms with E-state index in [0.29, 0.717) is 32.1 Å². The maximum Gasteiger partial charge on any atom is 0.507 e. The summed E-state index contributed by atoms with van der Waals surface area (Å²) in [5, 5.41) is 0. The van der Waals surface area contributed by atoms with Gasteiger partial charge in [-0.25, -0.2) is 27.4 Å². The molecule has 24 nitrogen and oxygen atoms in total. The van der Waals surface area contributed by atoms with Gasteiger partial charge in [0, 0.05) is 19.7 Å². The molecule has 0 amide bonds. The van der Waals surface area contributed by atoms with E-state index in [1.165, 1.54) is 0 Å². The molecular weight excluding hydrogens is 894 g/mol. The fourth-order valence-electron chi connectivity index (χ4n) is 2.68. The predicted molar refractivity (Wildman–Crippen MR) is 172 cm³/mol. The first-order chi connectivity index (χ1) is 23.8. The van der Waals surface area contributed by atoms with Gasteiger partial charge >= 0.3 is 53.2 Å². The summed E-state index contributed by atoms with van der Waals surface area (Å²) < 4.78 is 131. The molecule has 12 N–H and O–H groups in total. The maximum atomic E-state index is 10.4. The van der Waals surface area contributed by atoms with Gasteiger partial charge in [-0.3, -0.25) is 58.7 Å². The number of hydrogen-bond donors (Lipinski definition) is 12. The lowest BCUT2D eigenvalue weighted by Crippen LogP contribution is -2.39. The van der Waals surface area contributed by atoms with Gasteiger partial charge in [0.25, 0.3) is 0 Å². The maximum absolute atomic E-state index is 10.4. The molecule has 2 aliphatic rings. The third kappa shape index (κ3) is 83.7. The van der Waals surface area contributed by atoms with Crippen molar-refractivity contribution in [2.75, 3.05) is 39.5 Å². The molecule has 326 valence electrons. The Bertz CT molecular complexity index is 1230. The van der Waals surface area contributed by atoms with Crippen molar-refractivity contribution in [2.45, 2.75) is 45.6 Å². The van der Waals surface area contributed by atoms with E-state index >= 15 is 0 Å². The van der Waals surface area contributed by atoms with E-state index in [-0.39, 0.29) is 6.10 Å². The van der Waals surface area contributed by atoms with E-state index in [1.807, 2.05) is 6.08 Å². The van der Waals surface area contributed by atoms with E-state index in [9.17, 15) is 30.7 Å². The average Bonchev–Trinajstić information content (AvgIpc) is 2.88. The summed E-state index contributed by atoms with van der Waals surface area (Å²) >= 11 is 0. The van der Waals surface area contributed by atoms with E-state index < -0.39 is 47.4 Å². The molecule has 1 heterocycles. The van der Waals surface area contributed by atoms with Crippen molar-refractivity contribution >= 4 is 53.2 Å². The molecular formula is C18H41F6N3O21P6. The standard InChI is InChI=1S/C18H29N3O3.6FH2O3P/c1-3-5-9-23-17-14-16(21-7-11-22-12-8-21)18(13-15(17)20-19)24-10-6-4-2;6*1-5(2,3)4/h13-14,17H,3-12H2,1-2H3;6*(H2,2,3,4). The summed E-state index contributed by atoms with van der Waals surface area (Å²) in [4.78, 5) is 89.3. The van der Waals surface area contributed by atoms with Crippen LogP contribution in [0.3, 0.4) is 0 Å². The molecule has 1 aliphatic heterocycles. The van der Waals surface area contributed by atoms with Gasteiger partial charge in [-0.15, -0.1) is 25.2 Å². The first-order valence-electron chi connectivity index (χ1n) is 13.5. The molecule has 0 saturated carbocycles. The highest BCUT2D eigenvalue weighted by Crippen LogP contribution is 2.37. The lowest BCUT2D eigenvalue weighted by atomic mass is 10.0. The zero-order chi connectivity index (χ0) is 44.2. The van der Waals surface area contributed by atoms with Crippen LogP contribution in [0.1, 0.15) is 39.5 Å². The van der Waals surface area contributed by atoms with Crippen LogP contribution in [0, 0.1) is 0 Å². The molecule has 0 aromatic carbocycles. The third-order valence-electron chi connectivity index (χ3n) is 4.15. The van der Waals surface area contributed by atoms with Gasteiger partial charge in [-0.1, -0.05) is 26.7 Å². The minimum Gasteiger partial charge on any atom is -0.491 e. The lowest BCUT2D eigenvalue weighted by Gasteiger charge is -2.33. The summed E-state index contributed by atoms with van der Waals surface area (Å²) in [6.45, 7) is 8.64. The van der Waals surface area contributed by atoms with Gasteiger partial charge < -0.3 is 24.6 Å². The number of ether oxygens (including phenoxy) is 3. The topological polar surface area (TPSA) is 413 Å². The van der Waals surface area contributed by atoms with Gasteiger partial charge in [0.1, 0.15) is 5.76 Å². The second kappa shape index (κ2) is 30.9. The number of morpholine rings is 1. The number of rotatable bonds is 9. The van der Waals surface area contributed by atoms with Crippen molar-refractivity contribution in [3.05, 3.63) is 29.1 Å². The Morgan fingerprint density at radius 2 is 1.00 bits per heavy atom. The molecule has 1 saturated heterocycles. The summed E-state index contributed by atoms with van der Waals surface area (Å²) in [7, 11) is -30.8. The smallest absolute Gasteiger partial charge is 0.491 e. The van der Waals surface area contributed by atoms with Crippen LogP contribution in [0.25, 0.3) is 5.53 Å². The summed E-state index contributed by atoms with van der Waals surface area (Å²) in [6, 6.07) is 0. The first kappa shape index (κ1) is 62.1. The highest BCUT2D eigenvalue weighted by Gasteiger charge is 2.31.